The van der Waals surface area contributed by atoms with Gasteiger partial charge >= 0.3 is 0 Å². The van der Waals surface area contributed by atoms with Crippen molar-refractivity contribution in [3.05, 3.63) is 66.1 Å². The van der Waals surface area contributed by atoms with E-state index in [4.69, 9.17) is 4.74 Å². The van der Waals surface area contributed by atoms with E-state index in [9.17, 15) is 9.59 Å². The van der Waals surface area contributed by atoms with Crippen molar-refractivity contribution in [1.29, 1.82) is 0 Å². The van der Waals surface area contributed by atoms with E-state index in [1.807, 2.05) is 56.3 Å². The number of carbonyl (C=O) groups is 2. The minimum absolute atomic E-state index is 0.0808. The van der Waals surface area contributed by atoms with Crippen molar-refractivity contribution in [2.24, 2.45) is 0 Å². The molecule has 1 aromatic carbocycles. The molecule has 33 heavy (non-hydrogen) atoms. The number of nitrogens with zero attached hydrogens (tertiary/aromatic N) is 4. The van der Waals surface area contributed by atoms with Crippen molar-refractivity contribution in [1.82, 2.24) is 19.7 Å². The summed E-state index contributed by atoms with van der Waals surface area (Å²) in [6.45, 7) is 5.33. The Hall–Kier alpha value is -3.88. The third-order valence-electron chi connectivity index (χ3n) is 4.90. The largest absolute Gasteiger partial charge is 0.492 e. The van der Waals surface area contributed by atoms with Gasteiger partial charge in [-0.15, -0.1) is 0 Å². The Morgan fingerprint density at radius 2 is 1.91 bits per heavy atom. The molecule has 3 aromatic rings. The number of pyridine rings is 1. The molecule has 3 rings (SSSR count). The SMILES string of the molecule is Cc1ccc(OCCN(C)C(=O)Cn2cc(NC(=O)CCNc3cccc(C)n3)cn2)cc1. The van der Waals surface area contributed by atoms with E-state index in [1.165, 1.54) is 16.4 Å². The molecule has 0 bridgehead atoms. The molecular formula is C24H30N6O3. The number of ether oxygens (including phenoxy) is 1. The minimum atomic E-state index is -0.147. The van der Waals surface area contributed by atoms with Gasteiger partial charge in [-0.05, 0) is 38.1 Å². The number of hydrogen-bond acceptors (Lipinski definition) is 6. The average molecular weight is 451 g/mol. The minimum Gasteiger partial charge on any atom is -0.492 e. The van der Waals surface area contributed by atoms with Crippen LogP contribution in [-0.2, 0) is 16.1 Å². The Morgan fingerprint density at radius 3 is 2.67 bits per heavy atom. The molecule has 0 saturated heterocycles. The quantitative estimate of drug-likeness (QED) is 0.466. The van der Waals surface area contributed by atoms with Gasteiger partial charge in [-0.3, -0.25) is 14.3 Å². The number of rotatable bonds is 11. The summed E-state index contributed by atoms with van der Waals surface area (Å²) in [6, 6.07) is 13.5. The molecule has 2 amide bonds. The molecular weight excluding hydrogens is 420 g/mol. The maximum atomic E-state index is 12.4. The molecule has 2 N–H and O–H groups in total. The first-order valence-corrected chi connectivity index (χ1v) is 10.8. The van der Waals surface area contributed by atoms with E-state index in [0.29, 0.717) is 25.4 Å². The fourth-order valence-electron chi connectivity index (χ4n) is 3.00. The van der Waals surface area contributed by atoms with Gasteiger partial charge in [0, 0.05) is 31.9 Å². The Bertz CT molecular complexity index is 1060. The van der Waals surface area contributed by atoms with Crippen LogP contribution in [0.1, 0.15) is 17.7 Å². The van der Waals surface area contributed by atoms with Crippen LogP contribution >= 0.6 is 0 Å². The smallest absolute Gasteiger partial charge is 0.244 e. The number of aromatic nitrogens is 3. The molecule has 0 saturated carbocycles. The van der Waals surface area contributed by atoms with Crippen LogP contribution in [0.15, 0.2) is 54.9 Å². The summed E-state index contributed by atoms with van der Waals surface area (Å²) in [6.07, 6.45) is 3.45. The average Bonchev–Trinajstić information content (AvgIpc) is 3.21. The molecule has 0 atom stereocenters. The maximum Gasteiger partial charge on any atom is 0.244 e. The molecule has 0 aliphatic carbocycles. The van der Waals surface area contributed by atoms with Crippen molar-refractivity contribution in [2.45, 2.75) is 26.8 Å². The van der Waals surface area contributed by atoms with Gasteiger partial charge in [0.25, 0.3) is 0 Å². The van der Waals surface area contributed by atoms with Gasteiger partial charge in [-0.2, -0.15) is 5.10 Å². The zero-order valence-electron chi connectivity index (χ0n) is 19.2. The molecule has 2 aromatic heterocycles. The fourth-order valence-corrected chi connectivity index (χ4v) is 3.00. The van der Waals surface area contributed by atoms with E-state index in [0.717, 1.165) is 17.3 Å². The number of amides is 2. The molecule has 0 spiro atoms. The number of nitrogens with one attached hydrogen (secondary N) is 2. The molecule has 9 heteroatoms. The first-order chi connectivity index (χ1) is 15.9. The Balaban J connectivity index is 1.36. The number of aryl methyl sites for hydroxylation is 2. The van der Waals surface area contributed by atoms with Gasteiger partial charge in [-0.1, -0.05) is 23.8 Å². The summed E-state index contributed by atoms with van der Waals surface area (Å²) in [5.41, 5.74) is 2.63. The third kappa shape index (κ3) is 7.95. The predicted octanol–water partition coefficient (Wildman–Crippen LogP) is 2.87. The van der Waals surface area contributed by atoms with Gasteiger partial charge in [0.15, 0.2) is 0 Å². The first-order valence-electron chi connectivity index (χ1n) is 10.8. The van der Waals surface area contributed by atoms with Crippen LogP contribution in [0.5, 0.6) is 5.75 Å². The second-order valence-corrected chi connectivity index (χ2v) is 7.79. The summed E-state index contributed by atoms with van der Waals surface area (Å²) in [4.78, 5) is 30.5. The lowest BCUT2D eigenvalue weighted by Crippen LogP contribution is -2.33. The van der Waals surface area contributed by atoms with Crippen molar-refractivity contribution in [3.63, 3.8) is 0 Å². The van der Waals surface area contributed by atoms with Gasteiger partial charge < -0.3 is 20.3 Å². The molecule has 0 fully saturated rings. The van der Waals surface area contributed by atoms with E-state index < -0.39 is 0 Å². The zero-order valence-corrected chi connectivity index (χ0v) is 19.2. The van der Waals surface area contributed by atoms with Gasteiger partial charge in [0.2, 0.25) is 11.8 Å². The number of hydrogen-bond donors (Lipinski definition) is 2. The standard InChI is InChI=1S/C24H30N6O3/c1-18-7-9-21(10-8-18)33-14-13-29(3)24(32)17-30-16-20(15-26-30)28-23(31)11-12-25-22-6-4-5-19(2)27-22/h4-10,15-16H,11-14,17H2,1-3H3,(H,25,27)(H,28,31). The Kier molecular flexibility index (Phi) is 8.40. The number of carbonyl (C=O) groups excluding carboxylic acids is 2. The number of anilines is 2. The molecule has 0 radical (unpaired) electrons. The topological polar surface area (TPSA) is 101 Å². The highest BCUT2D eigenvalue weighted by atomic mass is 16.5. The summed E-state index contributed by atoms with van der Waals surface area (Å²) in [5.74, 6) is 1.27. The van der Waals surface area contributed by atoms with Crippen LogP contribution in [0.4, 0.5) is 11.5 Å². The Morgan fingerprint density at radius 1 is 1.12 bits per heavy atom. The molecule has 2 heterocycles. The van der Waals surface area contributed by atoms with Crippen LogP contribution in [0, 0.1) is 13.8 Å². The van der Waals surface area contributed by atoms with Gasteiger partial charge in [-0.25, -0.2) is 4.98 Å². The normalized spacial score (nSPS) is 10.5. The summed E-state index contributed by atoms with van der Waals surface area (Å²) in [7, 11) is 1.73. The molecule has 174 valence electrons. The van der Waals surface area contributed by atoms with Crippen molar-refractivity contribution in [3.8, 4) is 5.75 Å². The van der Waals surface area contributed by atoms with Crippen molar-refractivity contribution >= 4 is 23.3 Å². The van der Waals surface area contributed by atoms with E-state index in [1.54, 1.807) is 18.1 Å². The van der Waals surface area contributed by atoms with Crippen LogP contribution in [0.25, 0.3) is 0 Å². The summed E-state index contributed by atoms with van der Waals surface area (Å²) in [5, 5.41) is 10.1. The highest BCUT2D eigenvalue weighted by molar-refractivity contribution is 5.90. The van der Waals surface area contributed by atoms with Gasteiger partial charge in [0.05, 0.1) is 18.4 Å². The second-order valence-electron chi connectivity index (χ2n) is 7.79. The van der Waals surface area contributed by atoms with Gasteiger partial charge in [0.1, 0.15) is 24.7 Å². The van der Waals surface area contributed by atoms with E-state index in [-0.39, 0.29) is 24.8 Å². The molecule has 9 nitrogen and oxygen atoms in total. The van der Waals surface area contributed by atoms with E-state index >= 15 is 0 Å². The predicted molar refractivity (Wildman–Crippen MR) is 127 cm³/mol. The third-order valence-corrected chi connectivity index (χ3v) is 4.90. The molecule has 0 aliphatic heterocycles. The highest BCUT2D eigenvalue weighted by Crippen LogP contribution is 2.11. The summed E-state index contributed by atoms with van der Waals surface area (Å²) < 4.78 is 7.18. The lowest BCUT2D eigenvalue weighted by Gasteiger charge is -2.17. The molecule has 0 unspecified atom stereocenters. The summed E-state index contributed by atoms with van der Waals surface area (Å²) >= 11 is 0. The lowest BCUT2D eigenvalue weighted by molar-refractivity contribution is -0.131. The van der Waals surface area contributed by atoms with Crippen molar-refractivity contribution < 1.29 is 14.3 Å². The van der Waals surface area contributed by atoms with Crippen LogP contribution in [-0.4, -0.2) is 58.2 Å². The van der Waals surface area contributed by atoms with Crippen molar-refractivity contribution in [2.75, 3.05) is 37.4 Å². The lowest BCUT2D eigenvalue weighted by atomic mass is 10.2. The molecule has 0 aliphatic rings. The second kappa shape index (κ2) is 11.7. The number of likely N-dealkylation sites (N-methyl/N-ethyl adjacent to an activating group) is 1. The fraction of sp³-hybridized carbons (Fsp3) is 0.333. The highest BCUT2D eigenvalue weighted by Gasteiger charge is 2.12. The maximum absolute atomic E-state index is 12.4. The van der Waals surface area contributed by atoms with E-state index in [2.05, 4.69) is 20.7 Å². The zero-order chi connectivity index (χ0) is 23.6. The van der Waals surface area contributed by atoms with Crippen LogP contribution < -0.4 is 15.4 Å². The monoisotopic (exact) mass is 450 g/mol. The Labute approximate surface area is 193 Å². The van der Waals surface area contributed by atoms with Crippen LogP contribution in [0.3, 0.4) is 0 Å². The van der Waals surface area contributed by atoms with Crippen LogP contribution in [0.2, 0.25) is 0 Å². The number of benzene rings is 1. The first kappa shape index (κ1) is 23.8.